The fourth-order valence-corrected chi connectivity index (χ4v) is 3.16. The van der Waals surface area contributed by atoms with E-state index in [0.29, 0.717) is 22.8 Å². The maximum absolute atomic E-state index is 12.4. The minimum Gasteiger partial charge on any atom is -0.493 e. The van der Waals surface area contributed by atoms with Crippen molar-refractivity contribution in [3.63, 3.8) is 0 Å². The first kappa shape index (κ1) is 19.3. The Balaban J connectivity index is 1.80. The summed E-state index contributed by atoms with van der Waals surface area (Å²) < 4.78 is 10.6. The minimum atomic E-state index is -0.364. The van der Waals surface area contributed by atoms with Crippen molar-refractivity contribution >= 4 is 28.8 Å². The van der Waals surface area contributed by atoms with Crippen LogP contribution < -0.4 is 25.8 Å². The molecule has 0 spiro atoms. The van der Waals surface area contributed by atoms with Gasteiger partial charge in [0.1, 0.15) is 0 Å². The number of fused-ring (bicyclic) bond motifs is 1. The second-order valence-electron chi connectivity index (χ2n) is 6.56. The van der Waals surface area contributed by atoms with Crippen LogP contribution in [-0.2, 0) is 16.0 Å². The molecule has 2 amide bonds. The number of methoxy groups -OCH3 is 2. The van der Waals surface area contributed by atoms with E-state index in [1.807, 2.05) is 37.3 Å². The van der Waals surface area contributed by atoms with E-state index in [4.69, 9.17) is 15.2 Å². The molecule has 3 rings (SSSR count). The van der Waals surface area contributed by atoms with E-state index in [1.165, 1.54) is 0 Å². The Kier molecular flexibility index (Phi) is 5.54. The fourth-order valence-electron chi connectivity index (χ4n) is 3.16. The molecule has 0 saturated heterocycles. The van der Waals surface area contributed by atoms with Crippen molar-refractivity contribution in [2.75, 3.05) is 24.9 Å². The van der Waals surface area contributed by atoms with Crippen molar-refractivity contribution in [1.82, 2.24) is 0 Å². The van der Waals surface area contributed by atoms with Crippen molar-refractivity contribution in [2.24, 2.45) is 5.73 Å². The first-order chi connectivity index (χ1) is 13.4. The molecule has 0 fully saturated rings. The molecule has 1 aliphatic heterocycles. The number of ether oxygens (including phenoxy) is 2. The summed E-state index contributed by atoms with van der Waals surface area (Å²) in [5, 5.41) is 6.18. The molecule has 0 bridgehead atoms. The van der Waals surface area contributed by atoms with Crippen LogP contribution in [0.1, 0.15) is 18.1 Å². The summed E-state index contributed by atoms with van der Waals surface area (Å²) in [6, 6.07) is 10.9. The molecule has 4 N–H and O–H groups in total. The number of hydrogen-bond donors (Lipinski definition) is 3. The maximum atomic E-state index is 12.4. The smallest absolute Gasteiger partial charge is 0.256 e. The first-order valence-corrected chi connectivity index (χ1v) is 8.84. The molecule has 7 heteroatoms. The lowest BCUT2D eigenvalue weighted by molar-refractivity contribution is -0.117. The summed E-state index contributed by atoms with van der Waals surface area (Å²) in [6.45, 7) is 1.95. The van der Waals surface area contributed by atoms with Crippen LogP contribution in [-0.4, -0.2) is 32.1 Å². The van der Waals surface area contributed by atoms with Gasteiger partial charge in [0.25, 0.3) is 5.91 Å². The number of benzene rings is 2. The zero-order chi connectivity index (χ0) is 20.3. The second kappa shape index (κ2) is 8.04. The number of hydrogen-bond acceptors (Lipinski definition) is 5. The number of anilines is 2. The molecule has 1 aliphatic rings. The lowest BCUT2D eigenvalue weighted by atomic mass is 10.0. The number of nitrogens with one attached hydrogen (secondary N) is 2. The van der Waals surface area contributed by atoms with Crippen LogP contribution in [0.4, 0.5) is 11.4 Å². The van der Waals surface area contributed by atoms with Gasteiger partial charge in [0.15, 0.2) is 11.5 Å². The molecule has 2 aromatic rings. The molecule has 146 valence electrons. The first-order valence-electron chi connectivity index (χ1n) is 8.84. The van der Waals surface area contributed by atoms with Crippen molar-refractivity contribution < 1.29 is 19.1 Å². The van der Waals surface area contributed by atoms with Crippen LogP contribution >= 0.6 is 0 Å². The van der Waals surface area contributed by atoms with E-state index in [1.54, 1.807) is 26.4 Å². The van der Waals surface area contributed by atoms with E-state index in [2.05, 4.69) is 10.6 Å². The molecule has 0 saturated carbocycles. The fraction of sp³-hybridized carbons (Fsp3) is 0.238. The number of rotatable bonds is 7. The van der Waals surface area contributed by atoms with Gasteiger partial charge in [-0.3, -0.25) is 9.59 Å². The monoisotopic (exact) mass is 381 g/mol. The third-order valence-electron chi connectivity index (χ3n) is 4.45. The summed E-state index contributed by atoms with van der Waals surface area (Å²) >= 11 is 0. The van der Waals surface area contributed by atoms with Crippen molar-refractivity contribution in [3.8, 4) is 11.5 Å². The van der Waals surface area contributed by atoms with Crippen molar-refractivity contribution in [1.29, 1.82) is 0 Å². The van der Waals surface area contributed by atoms with Crippen molar-refractivity contribution in [3.05, 3.63) is 53.6 Å². The van der Waals surface area contributed by atoms with Gasteiger partial charge in [-0.2, -0.15) is 0 Å². The quantitative estimate of drug-likeness (QED) is 0.640. The van der Waals surface area contributed by atoms with Crippen LogP contribution in [0.25, 0.3) is 5.57 Å². The van der Waals surface area contributed by atoms with Crippen LogP contribution in [0.3, 0.4) is 0 Å². The lowest BCUT2D eigenvalue weighted by Crippen LogP contribution is -2.15. The normalized spacial score (nSPS) is 15.0. The summed E-state index contributed by atoms with van der Waals surface area (Å²) in [5.74, 6) is 0.590. The Bertz CT molecular complexity index is 935. The number of carbonyl (C=O) groups excluding carboxylic acids is 2. The highest BCUT2D eigenvalue weighted by Gasteiger charge is 2.27. The molecule has 0 radical (unpaired) electrons. The highest BCUT2D eigenvalue weighted by atomic mass is 16.5. The van der Waals surface area contributed by atoms with E-state index >= 15 is 0 Å². The summed E-state index contributed by atoms with van der Waals surface area (Å²) in [5.41, 5.74) is 8.98. The topological polar surface area (TPSA) is 103 Å². The molecular weight excluding hydrogens is 358 g/mol. The number of amides is 2. The van der Waals surface area contributed by atoms with E-state index < -0.39 is 0 Å². The van der Waals surface area contributed by atoms with Crippen LogP contribution in [0, 0.1) is 0 Å². The third kappa shape index (κ3) is 4.09. The number of carbonyl (C=O) groups is 2. The van der Waals surface area contributed by atoms with E-state index in [9.17, 15) is 9.59 Å². The SMILES string of the molecule is COc1cc2c(cc1OC)C(=CC(C)Nc1ccc(CC(N)=O)cc1)C(=O)N2. The Morgan fingerprint density at radius 2 is 1.82 bits per heavy atom. The molecular formula is C21H23N3O4. The second-order valence-corrected chi connectivity index (χ2v) is 6.56. The predicted molar refractivity (Wildman–Crippen MR) is 109 cm³/mol. The van der Waals surface area contributed by atoms with Gasteiger partial charge in [-0.15, -0.1) is 0 Å². The van der Waals surface area contributed by atoms with Gasteiger partial charge < -0.3 is 25.8 Å². The zero-order valence-corrected chi connectivity index (χ0v) is 16.0. The van der Waals surface area contributed by atoms with Gasteiger partial charge in [0.2, 0.25) is 5.91 Å². The Morgan fingerprint density at radius 3 is 2.43 bits per heavy atom. The van der Waals surface area contributed by atoms with E-state index in [-0.39, 0.29) is 24.3 Å². The summed E-state index contributed by atoms with van der Waals surface area (Å²) in [4.78, 5) is 23.4. The molecule has 0 aromatic heterocycles. The van der Waals surface area contributed by atoms with Crippen LogP contribution in [0.2, 0.25) is 0 Å². The van der Waals surface area contributed by atoms with Crippen molar-refractivity contribution in [2.45, 2.75) is 19.4 Å². The van der Waals surface area contributed by atoms with Crippen LogP contribution in [0.15, 0.2) is 42.5 Å². The summed E-state index contributed by atoms with van der Waals surface area (Å²) in [6.07, 6.45) is 2.08. The lowest BCUT2D eigenvalue weighted by Gasteiger charge is -2.13. The molecule has 7 nitrogen and oxygen atoms in total. The Labute approximate surface area is 163 Å². The molecule has 2 aromatic carbocycles. The Hall–Kier alpha value is -3.48. The third-order valence-corrected chi connectivity index (χ3v) is 4.45. The number of primary amides is 1. The van der Waals surface area contributed by atoms with Gasteiger partial charge in [-0.1, -0.05) is 12.1 Å². The standard InChI is InChI=1S/C21H23N3O4/c1-12(23-14-6-4-13(5-7-14)9-20(22)25)8-16-15-10-18(27-2)19(28-3)11-17(15)24-21(16)26/h4-8,10-12,23H,9H2,1-3H3,(H2,22,25)(H,24,26). The average Bonchev–Trinajstić information content (AvgIpc) is 2.96. The minimum absolute atomic E-state index is 0.109. The van der Waals surface area contributed by atoms with E-state index in [0.717, 1.165) is 16.8 Å². The van der Waals surface area contributed by atoms with Crippen LogP contribution in [0.5, 0.6) is 11.5 Å². The molecule has 1 unspecified atom stereocenters. The van der Waals surface area contributed by atoms with Gasteiger partial charge in [0.05, 0.1) is 26.3 Å². The molecule has 0 aliphatic carbocycles. The van der Waals surface area contributed by atoms with Gasteiger partial charge in [0, 0.05) is 28.9 Å². The highest BCUT2D eigenvalue weighted by molar-refractivity contribution is 6.31. The molecule has 1 heterocycles. The predicted octanol–water partition coefficient (Wildman–Crippen LogP) is 2.57. The molecule has 1 atom stereocenters. The van der Waals surface area contributed by atoms with Gasteiger partial charge in [-0.25, -0.2) is 0 Å². The Morgan fingerprint density at radius 1 is 1.18 bits per heavy atom. The highest BCUT2D eigenvalue weighted by Crippen LogP contribution is 2.40. The summed E-state index contributed by atoms with van der Waals surface area (Å²) in [7, 11) is 3.11. The van der Waals surface area contributed by atoms with Gasteiger partial charge in [-0.05, 0) is 36.8 Å². The largest absolute Gasteiger partial charge is 0.493 e. The maximum Gasteiger partial charge on any atom is 0.256 e. The van der Waals surface area contributed by atoms with Gasteiger partial charge >= 0.3 is 0 Å². The average molecular weight is 381 g/mol. The zero-order valence-electron chi connectivity index (χ0n) is 16.0. The molecule has 28 heavy (non-hydrogen) atoms. The number of nitrogens with two attached hydrogens (primary N) is 1.